The predicted octanol–water partition coefficient (Wildman–Crippen LogP) is 4.75. The molecule has 0 radical (unpaired) electrons. The fourth-order valence-electron chi connectivity index (χ4n) is 2.87. The molecule has 0 fully saturated rings. The highest BCUT2D eigenvalue weighted by molar-refractivity contribution is 5.74. The van der Waals surface area contributed by atoms with Gasteiger partial charge in [0, 0.05) is 5.56 Å². The van der Waals surface area contributed by atoms with Crippen LogP contribution < -0.4 is 0 Å². The van der Waals surface area contributed by atoms with Crippen LogP contribution in [0.15, 0.2) is 36.4 Å². The molecule has 0 aliphatic heterocycles. The van der Waals surface area contributed by atoms with Crippen LogP contribution in [-0.4, -0.2) is 5.11 Å². The molecule has 100 valence electrons. The summed E-state index contributed by atoms with van der Waals surface area (Å²) in [6.45, 7) is 6.60. The van der Waals surface area contributed by atoms with Gasteiger partial charge in [0.2, 0.25) is 0 Å². The number of aromatic hydroxyl groups is 1. The van der Waals surface area contributed by atoms with Gasteiger partial charge in [-0.1, -0.05) is 51.1 Å². The normalized spacial score (nSPS) is 10.7. The third-order valence-electron chi connectivity index (χ3n) is 3.81. The van der Waals surface area contributed by atoms with E-state index in [-0.39, 0.29) is 0 Å². The molecular weight excluding hydrogens is 232 g/mol. The van der Waals surface area contributed by atoms with Crippen LogP contribution in [0.5, 0.6) is 5.75 Å². The Morgan fingerprint density at radius 1 is 0.737 bits per heavy atom. The number of benzene rings is 2. The van der Waals surface area contributed by atoms with Crippen LogP contribution in [-0.2, 0) is 19.3 Å². The van der Waals surface area contributed by atoms with Crippen molar-refractivity contribution in [3.05, 3.63) is 53.1 Å². The fraction of sp³-hybridized carbons (Fsp3) is 0.333. The molecule has 0 unspecified atom stereocenters. The summed E-state index contributed by atoms with van der Waals surface area (Å²) in [5.74, 6) is 0.364. The molecule has 0 saturated carbocycles. The van der Waals surface area contributed by atoms with Crippen LogP contribution in [0, 0.1) is 0 Å². The molecule has 2 rings (SSSR count). The maximum absolute atomic E-state index is 10.1. The summed E-state index contributed by atoms with van der Waals surface area (Å²) in [5, 5.41) is 10.1. The van der Waals surface area contributed by atoms with E-state index in [4.69, 9.17) is 0 Å². The van der Waals surface area contributed by atoms with E-state index < -0.39 is 0 Å². The van der Waals surface area contributed by atoms with E-state index in [1.54, 1.807) is 6.07 Å². The third-order valence-corrected chi connectivity index (χ3v) is 3.81. The monoisotopic (exact) mass is 254 g/mol. The highest BCUT2D eigenvalue weighted by Gasteiger charge is 2.13. The second-order valence-electron chi connectivity index (χ2n) is 4.81. The number of phenols is 1. The number of rotatable bonds is 4. The van der Waals surface area contributed by atoms with Crippen molar-refractivity contribution in [1.82, 2.24) is 0 Å². The second kappa shape index (κ2) is 5.92. The van der Waals surface area contributed by atoms with E-state index >= 15 is 0 Å². The molecule has 0 aliphatic carbocycles. The van der Waals surface area contributed by atoms with Crippen LogP contribution in [0.25, 0.3) is 11.1 Å². The molecule has 1 N–H and O–H groups in total. The summed E-state index contributed by atoms with van der Waals surface area (Å²) >= 11 is 0. The topological polar surface area (TPSA) is 20.2 Å². The average molecular weight is 254 g/mol. The Bertz CT molecular complexity index is 570. The summed E-state index contributed by atoms with van der Waals surface area (Å²) in [6, 6.07) is 12.0. The zero-order valence-electron chi connectivity index (χ0n) is 12.0. The molecule has 19 heavy (non-hydrogen) atoms. The molecule has 2 aromatic rings. The van der Waals surface area contributed by atoms with E-state index in [2.05, 4.69) is 32.9 Å². The molecule has 0 spiro atoms. The minimum Gasteiger partial charge on any atom is -0.507 e. The van der Waals surface area contributed by atoms with Crippen LogP contribution in [0.3, 0.4) is 0 Å². The summed E-state index contributed by atoms with van der Waals surface area (Å²) < 4.78 is 0. The maximum Gasteiger partial charge on any atom is 0.123 e. The number of phenolic OH excluding ortho intramolecular Hbond substituents is 1. The molecule has 0 aliphatic rings. The molecule has 2 aromatic carbocycles. The van der Waals surface area contributed by atoms with Crippen LogP contribution in [0.4, 0.5) is 0 Å². The quantitative estimate of drug-likeness (QED) is 0.835. The Morgan fingerprint density at radius 2 is 1.42 bits per heavy atom. The Labute approximate surface area is 115 Å². The molecular formula is C18H22O. The Hall–Kier alpha value is -1.76. The van der Waals surface area contributed by atoms with Crippen molar-refractivity contribution in [1.29, 1.82) is 0 Å². The smallest absolute Gasteiger partial charge is 0.123 e. The molecule has 0 atom stereocenters. The van der Waals surface area contributed by atoms with Crippen molar-refractivity contribution >= 4 is 0 Å². The Kier molecular flexibility index (Phi) is 4.26. The summed E-state index contributed by atoms with van der Waals surface area (Å²) in [5.41, 5.74) is 6.37. The van der Waals surface area contributed by atoms with Crippen molar-refractivity contribution in [2.75, 3.05) is 0 Å². The summed E-state index contributed by atoms with van der Waals surface area (Å²) in [7, 11) is 0. The van der Waals surface area contributed by atoms with Crippen LogP contribution in [0.1, 0.15) is 37.5 Å². The highest BCUT2D eigenvalue weighted by Crippen LogP contribution is 2.34. The predicted molar refractivity (Wildman–Crippen MR) is 81.7 cm³/mol. The van der Waals surface area contributed by atoms with E-state index in [9.17, 15) is 5.11 Å². The molecule has 0 saturated heterocycles. The Morgan fingerprint density at radius 3 is 2.00 bits per heavy atom. The van der Waals surface area contributed by atoms with Gasteiger partial charge < -0.3 is 5.11 Å². The van der Waals surface area contributed by atoms with Gasteiger partial charge in [-0.25, -0.2) is 0 Å². The summed E-state index contributed by atoms with van der Waals surface area (Å²) in [4.78, 5) is 0. The lowest BCUT2D eigenvalue weighted by molar-refractivity contribution is 0.477. The number of para-hydroxylation sites is 1. The van der Waals surface area contributed by atoms with Crippen molar-refractivity contribution < 1.29 is 5.11 Å². The molecule has 0 amide bonds. The average Bonchev–Trinajstić information content (AvgIpc) is 2.46. The zero-order valence-corrected chi connectivity index (χ0v) is 12.0. The van der Waals surface area contributed by atoms with Crippen molar-refractivity contribution in [2.24, 2.45) is 0 Å². The summed E-state index contributed by atoms with van der Waals surface area (Å²) in [6.07, 6.45) is 3.12. The molecule has 0 heterocycles. The number of hydrogen-bond acceptors (Lipinski definition) is 1. The van der Waals surface area contributed by atoms with Crippen LogP contribution in [0.2, 0.25) is 0 Å². The molecule has 1 heteroatoms. The second-order valence-corrected chi connectivity index (χ2v) is 4.81. The first-order chi connectivity index (χ1) is 9.22. The minimum atomic E-state index is 0.364. The highest BCUT2D eigenvalue weighted by atomic mass is 16.3. The van der Waals surface area contributed by atoms with Crippen molar-refractivity contribution in [2.45, 2.75) is 40.0 Å². The van der Waals surface area contributed by atoms with Gasteiger partial charge in [-0.15, -0.1) is 0 Å². The SMILES string of the molecule is CCc1ccc(-c2ccccc2O)c(CC)c1CC. The van der Waals surface area contributed by atoms with Crippen molar-refractivity contribution in [3.63, 3.8) is 0 Å². The zero-order chi connectivity index (χ0) is 13.8. The van der Waals surface area contributed by atoms with Gasteiger partial charge in [0.05, 0.1) is 0 Å². The number of aryl methyl sites for hydroxylation is 1. The first kappa shape index (κ1) is 13.7. The van der Waals surface area contributed by atoms with Gasteiger partial charge in [0.25, 0.3) is 0 Å². The van der Waals surface area contributed by atoms with E-state index in [0.29, 0.717) is 5.75 Å². The molecule has 0 aromatic heterocycles. The maximum atomic E-state index is 10.1. The lowest BCUT2D eigenvalue weighted by Gasteiger charge is -2.17. The standard InChI is InChI=1S/C18H22O/c1-4-13-11-12-16(15(6-3)14(13)5-2)17-9-7-8-10-18(17)19/h7-12,19H,4-6H2,1-3H3. The first-order valence-electron chi connectivity index (χ1n) is 7.14. The third kappa shape index (κ3) is 2.51. The lowest BCUT2D eigenvalue weighted by atomic mass is 9.88. The van der Waals surface area contributed by atoms with Gasteiger partial charge >= 0.3 is 0 Å². The van der Waals surface area contributed by atoms with Crippen LogP contribution >= 0.6 is 0 Å². The van der Waals surface area contributed by atoms with E-state index in [0.717, 1.165) is 24.8 Å². The molecule has 1 nitrogen and oxygen atoms in total. The lowest BCUT2D eigenvalue weighted by Crippen LogP contribution is -2.00. The van der Waals surface area contributed by atoms with Crippen molar-refractivity contribution in [3.8, 4) is 16.9 Å². The Balaban J connectivity index is 2.68. The van der Waals surface area contributed by atoms with Gasteiger partial charge in [0.1, 0.15) is 5.75 Å². The minimum absolute atomic E-state index is 0.364. The largest absolute Gasteiger partial charge is 0.507 e. The van der Waals surface area contributed by atoms with E-state index in [1.807, 2.05) is 18.2 Å². The van der Waals surface area contributed by atoms with Gasteiger partial charge in [-0.3, -0.25) is 0 Å². The number of hydrogen-bond donors (Lipinski definition) is 1. The van der Waals surface area contributed by atoms with Gasteiger partial charge in [-0.2, -0.15) is 0 Å². The first-order valence-corrected chi connectivity index (χ1v) is 7.14. The fourth-order valence-corrected chi connectivity index (χ4v) is 2.87. The van der Waals surface area contributed by atoms with E-state index in [1.165, 1.54) is 22.3 Å². The van der Waals surface area contributed by atoms with Gasteiger partial charge in [0.15, 0.2) is 0 Å². The van der Waals surface area contributed by atoms with Gasteiger partial charge in [-0.05, 0) is 47.6 Å². The molecule has 0 bridgehead atoms.